The van der Waals surface area contributed by atoms with Crippen molar-refractivity contribution in [1.82, 2.24) is 4.90 Å². The van der Waals surface area contributed by atoms with Gasteiger partial charge in [-0.3, -0.25) is 9.69 Å². The molecule has 5 nitrogen and oxygen atoms in total. The first kappa shape index (κ1) is 18.9. The Hall–Kier alpha value is -1.43. The summed E-state index contributed by atoms with van der Waals surface area (Å²) < 4.78 is 11.1. The van der Waals surface area contributed by atoms with Crippen molar-refractivity contribution in [1.29, 1.82) is 0 Å². The highest BCUT2D eigenvalue weighted by atomic mass is 16.5. The first-order chi connectivity index (χ1) is 11.8. The summed E-state index contributed by atoms with van der Waals surface area (Å²) in [6, 6.07) is 7.55. The Morgan fingerprint density at radius 2 is 1.71 bits per heavy atom. The predicted molar refractivity (Wildman–Crippen MR) is 95.2 cm³/mol. The number of ether oxygens (including phenoxy) is 2. The molecule has 5 heteroatoms. The standard InChI is InChI=1S/C19H30N2O3/c20-19(22)18-8-6-17(7-9-18)5-1-3-13-23-14-4-2-10-21-11-15-24-16-12-21/h6-9H,1-5,10-16H2,(H2,20,22). The fourth-order valence-corrected chi connectivity index (χ4v) is 2.84. The average molecular weight is 334 g/mol. The number of rotatable bonds is 11. The maximum Gasteiger partial charge on any atom is 0.248 e. The Kier molecular flexibility index (Phi) is 8.81. The second kappa shape index (κ2) is 11.2. The van der Waals surface area contributed by atoms with Crippen LogP contribution in [0.25, 0.3) is 0 Å². The maximum absolute atomic E-state index is 11.0. The smallest absolute Gasteiger partial charge is 0.248 e. The van der Waals surface area contributed by atoms with Gasteiger partial charge < -0.3 is 15.2 Å². The zero-order valence-electron chi connectivity index (χ0n) is 14.5. The van der Waals surface area contributed by atoms with Crippen molar-refractivity contribution in [3.8, 4) is 0 Å². The van der Waals surface area contributed by atoms with Crippen molar-refractivity contribution >= 4 is 5.91 Å². The molecule has 2 N–H and O–H groups in total. The van der Waals surface area contributed by atoms with Gasteiger partial charge in [-0.2, -0.15) is 0 Å². The zero-order chi connectivity index (χ0) is 17.0. The molecule has 1 heterocycles. The van der Waals surface area contributed by atoms with Gasteiger partial charge in [-0.05, 0) is 56.3 Å². The number of nitrogens with two attached hydrogens (primary N) is 1. The number of hydrogen-bond donors (Lipinski definition) is 1. The van der Waals surface area contributed by atoms with E-state index in [9.17, 15) is 4.79 Å². The molecule has 1 saturated heterocycles. The lowest BCUT2D eigenvalue weighted by molar-refractivity contribution is 0.0357. The highest BCUT2D eigenvalue weighted by Crippen LogP contribution is 2.08. The third-order valence-corrected chi connectivity index (χ3v) is 4.36. The molecular weight excluding hydrogens is 304 g/mol. The van der Waals surface area contributed by atoms with Gasteiger partial charge in [0.2, 0.25) is 5.91 Å². The summed E-state index contributed by atoms with van der Waals surface area (Å²) >= 11 is 0. The minimum atomic E-state index is -0.372. The number of benzene rings is 1. The van der Waals surface area contributed by atoms with Crippen molar-refractivity contribution in [3.63, 3.8) is 0 Å². The lowest BCUT2D eigenvalue weighted by Gasteiger charge is -2.26. The predicted octanol–water partition coefficient (Wildman–Crippen LogP) is 2.24. The number of morpholine rings is 1. The van der Waals surface area contributed by atoms with Crippen LogP contribution in [0.5, 0.6) is 0 Å². The van der Waals surface area contributed by atoms with E-state index >= 15 is 0 Å². The van der Waals surface area contributed by atoms with E-state index in [1.807, 2.05) is 12.1 Å². The molecule has 1 fully saturated rings. The first-order valence-corrected chi connectivity index (χ1v) is 9.02. The number of carbonyl (C=O) groups is 1. The van der Waals surface area contributed by atoms with Crippen molar-refractivity contribution in [2.24, 2.45) is 5.73 Å². The Morgan fingerprint density at radius 3 is 2.38 bits per heavy atom. The number of amides is 1. The fourth-order valence-electron chi connectivity index (χ4n) is 2.84. The van der Waals surface area contributed by atoms with E-state index in [4.69, 9.17) is 15.2 Å². The molecular formula is C19H30N2O3. The van der Waals surface area contributed by atoms with E-state index in [0.29, 0.717) is 5.56 Å². The van der Waals surface area contributed by atoms with Gasteiger partial charge in [0.25, 0.3) is 0 Å². The second-order valence-corrected chi connectivity index (χ2v) is 6.29. The SMILES string of the molecule is NC(=O)c1ccc(CCCCOCCCCN2CCOCC2)cc1. The van der Waals surface area contributed by atoms with E-state index in [1.54, 1.807) is 12.1 Å². The van der Waals surface area contributed by atoms with Crippen LogP contribution in [0.3, 0.4) is 0 Å². The number of nitrogens with zero attached hydrogens (tertiary/aromatic N) is 1. The molecule has 0 spiro atoms. The van der Waals surface area contributed by atoms with Crippen LogP contribution in [0.1, 0.15) is 41.6 Å². The molecule has 24 heavy (non-hydrogen) atoms. The van der Waals surface area contributed by atoms with E-state index in [-0.39, 0.29) is 5.91 Å². The van der Waals surface area contributed by atoms with Crippen LogP contribution in [0.15, 0.2) is 24.3 Å². The summed E-state index contributed by atoms with van der Waals surface area (Å²) in [5, 5.41) is 0. The summed E-state index contributed by atoms with van der Waals surface area (Å²) in [5.41, 5.74) is 7.04. The molecule has 1 aromatic rings. The van der Waals surface area contributed by atoms with E-state index in [2.05, 4.69) is 4.90 Å². The maximum atomic E-state index is 11.0. The van der Waals surface area contributed by atoms with Crippen LogP contribution in [0, 0.1) is 0 Å². The Balaban J connectivity index is 1.41. The van der Waals surface area contributed by atoms with Crippen LogP contribution >= 0.6 is 0 Å². The minimum Gasteiger partial charge on any atom is -0.381 e. The minimum absolute atomic E-state index is 0.372. The molecule has 0 radical (unpaired) electrons. The molecule has 0 atom stereocenters. The third kappa shape index (κ3) is 7.43. The highest BCUT2D eigenvalue weighted by Gasteiger charge is 2.08. The Morgan fingerprint density at radius 1 is 1.04 bits per heavy atom. The van der Waals surface area contributed by atoms with E-state index < -0.39 is 0 Å². The molecule has 0 bridgehead atoms. The summed E-state index contributed by atoms with van der Waals surface area (Å²) in [6.45, 7) is 6.74. The molecule has 1 aromatic carbocycles. The lowest BCUT2D eigenvalue weighted by atomic mass is 10.1. The number of unbranched alkanes of at least 4 members (excludes halogenated alkanes) is 2. The van der Waals surface area contributed by atoms with Gasteiger partial charge in [-0.1, -0.05) is 12.1 Å². The van der Waals surface area contributed by atoms with Crippen molar-refractivity contribution in [2.75, 3.05) is 46.1 Å². The lowest BCUT2D eigenvalue weighted by Crippen LogP contribution is -2.36. The van der Waals surface area contributed by atoms with Crippen LogP contribution in [-0.4, -0.2) is 56.9 Å². The van der Waals surface area contributed by atoms with E-state index in [1.165, 1.54) is 12.0 Å². The van der Waals surface area contributed by atoms with Crippen LogP contribution < -0.4 is 5.73 Å². The highest BCUT2D eigenvalue weighted by molar-refractivity contribution is 5.92. The third-order valence-electron chi connectivity index (χ3n) is 4.36. The van der Waals surface area contributed by atoms with Gasteiger partial charge in [0.05, 0.1) is 13.2 Å². The van der Waals surface area contributed by atoms with Gasteiger partial charge in [0, 0.05) is 31.9 Å². The molecule has 134 valence electrons. The van der Waals surface area contributed by atoms with Crippen molar-refractivity contribution in [2.45, 2.75) is 32.1 Å². The van der Waals surface area contributed by atoms with Gasteiger partial charge in [-0.25, -0.2) is 0 Å². The monoisotopic (exact) mass is 334 g/mol. The molecule has 1 aliphatic heterocycles. The molecule has 2 rings (SSSR count). The van der Waals surface area contributed by atoms with Crippen LogP contribution in [-0.2, 0) is 15.9 Å². The van der Waals surface area contributed by atoms with Gasteiger partial charge in [0.1, 0.15) is 0 Å². The second-order valence-electron chi connectivity index (χ2n) is 6.29. The van der Waals surface area contributed by atoms with E-state index in [0.717, 1.165) is 71.7 Å². The van der Waals surface area contributed by atoms with Gasteiger partial charge in [0.15, 0.2) is 0 Å². The molecule has 0 unspecified atom stereocenters. The van der Waals surface area contributed by atoms with Crippen molar-refractivity contribution < 1.29 is 14.3 Å². The van der Waals surface area contributed by atoms with Gasteiger partial charge in [-0.15, -0.1) is 0 Å². The van der Waals surface area contributed by atoms with Crippen molar-refractivity contribution in [3.05, 3.63) is 35.4 Å². The number of carbonyl (C=O) groups excluding carboxylic acids is 1. The van der Waals surface area contributed by atoms with Crippen LogP contribution in [0.4, 0.5) is 0 Å². The molecule has 0 aliphatic carbocycles. The Bertz CT molecular complexity index is 470. The topological polar surface area (TPSA) is 64.8 Å². The number of aryl methyl sites for hydroxylation is 1. The molecule has 1 amide bonds. The largest absolute Gasteiger partial charge is 0.381 e. The Labute approximate surface area is 145 Å². The fraction of sp³-hybridized carbons (Fsp3) is 0.632. The number of hydrogen-bond acceptors (Lipinski definition) is 4. The quantitative estimate of drug-likeness (QED) is 0.630. The average Bonchev–Trinajstić information content (AvgIpc) is 2.61. The summed E-state index contributed by atoms with van der Waals surface area (Å²) in [6.07, 6.45) is 5.52. The summed E-state index contributed by atoms with van der Waals surface area (Å²) in [7, 11) is 0. The molecule has 0 aromatic heterocycles. The first-order valence-electron chi connectivity index (χ1n) is 9.02. The number of primary amides is 1. The molecule has 0 saturated carbocycles. The van der Waals surface area contributed by atoms with Gasteiger partial charge >= 0.3 is 0 Å². The zero-order valence-corrected chi connectivity index (χ0v) is 14.5. The summed E-state index contributed by atoms with van der Waals surface area (Å²) in [5.74, 6) is -0.372. The molecule has 1 aliphatic rings. The summed E-state index contributed by atoms with van der Waals surface area (Å²) in [4.78, 5) is 13.5. The normalized spacial score (nSPS) is 15.5. The van der Waals surface area contributed by atoms with Crippen LogP contribution in [0.2, 0.25) is 0 Å².